The van der Waals surface area contributed by atoms with E-state index in [4.69, 9.17) is 0 Å². The van der Waals surface area contributed by atoms with Crippen LogP contribution >= 0.6 is 0 Å². The van der Waals surface area contributed by atoms with Crippen LogP contribution < -0.4 is 9.80 Å². The topological polar surface area (TPSA) is 35.0 Å². The highest BCUT2D eigenvalue weighted by Gasteiger charge is 2.30. The number of anilines is 6. The second-order valence-corrected chi connectivity index (χ2v) is 35.5. The highest BCUT2D eigenvalue weighted by molar-refractivity contribution is 6.39. The molecule has 30 rings (SSSR count). The van der Waals surface area contributed by atoms with Gasteiger partial charge in [0.1, 0.15) is 0 Å². The Morgan fingerprint density at radius 3 is 0.720 bits per heavy atom. The fraction of sp³-hybridized carbons (Fsp3) is 0. The number of benzene rings is 22. The molecule has 8 heterocycles. The van der Waals surface area contributed by atoms with Crippen LogP contribution in [0.15, 0.2) is 461 Å². The number of aromatic nitrogens is 6. The standard InChI is InChI=1S/C62H36N4.C62H40N4/c1-2-14-41(15-3-1)63-56-25-13-8-20-48(56)60-59(63)36-50-49-32-37-26-28-42(64-52-21-9-4-16-44(52)45-17-5-10-22-53(45)64)30-39(37)34-57(49)66-58-35-40-31-43(29-27-38(40)33-51(58)61(60)62(50)66)65-54-23-11-6-18-46(54)47-19-7-12-24-55(47)65;1-6-18-45(19-7-1)63(46-20-8-2-9-21-46)50-32-30-41-36-53-54-40-59-60(52-28-16-17-29-56(52)65(59)49-26-14-5-15-27-49)61-55-37-42-31-33-51(64(47-22-10-3-11-23-47)48-24-12-4-13-25-48)35-44(42)39-58(55)66(62(54)61)57(53)38-43(41)34-50/h1-36H;1-40H. The fourth-order valence-corrected chi connectivity index (χ4v) is 22.9. The molecular weight excluding hydrogens is 1600 g/mol. The quantitative estimate of drug-likeness (QED) is 0.137. The molecule has 0 bridgehead atoms. The van der Waals surface area contributed by atoms with Crippen molar-refractivity contribution in [3.8, 4) is 22.7 Å². The summed E-state index contributed by atoms with van der Waals surface area (Å²) in [5.41, 5.74) is 28.5. The summed E-state index contributed by atoms with van der Waals surface area (Å²) in [7, 11) is 0. The van der Waals surface area contributed by atoms with Gasteiger partial charge in [-0.2, -0.15) is 0 Å². The van der Waals surface area contributed by atoms with E-state index < -0.39 is 0 Å². The molecule has 8 nitrogen and oxygen atoms in total. The third-order valence-corrected chi connectivity index (χ3v) is 28.4. The Balaban J connectivity index is 0.000000129. The molecule has 612 valence electrons. The molecule has 0 saturated carbocycles. The maximum atomic E-state index is 2.59. The monoisotopic (exact) mass is 1680 g/mol. The van der Waals surface area contributed by atoms with E-state index in [0.29, 0.717) is 0 Å². The van der Waals surface area contributed by atoms with Gasteiger partial charge >= 0.3 is 0 Å². The van der Waals surface area contributed by atoms with Crippen molar-refractivity contribution in [1.82, 2.24) is 27.1 Å². The first kappa shape index (κ1) is 72.4. The third kappa shape index (κ3) is 10.5. The predicted molar refractivity (Wildman–Crippen MR) is 559 cm³/mol. The molecule has 0 spiro atoms. The summed E-state index contributed by atoms with van der Waals surface area (Å²) in [6, 6.07) is 170. The van der Waals surface area contributed by atoms with Crippen molar-refractivity contribution in [2.45, 2.75) is 0 Å². The van der Waals surface area contributed by atoms with Crippen molar-refractivity contribution in [1.29, 1.82) is 0 Å². The maximum Gasteiger partial charge on any atom is 0.0628 e. The molecule has 8 aromatic heterocycles. The molecule has 0 radical (unpaired) electrons. The molecule has 22 aromatic carbocycles. The predicted octanol–water partition coefficient (Wildman–Crippen LogP) is 33.6. The summed E-state index contributed by atoms with van der Waals surface area (Å²) < 4.78 is 14.9. The first-order valence-electron chi connectivity index (χ1n) is 45.5. The second-order valence-electron chi connectivity index (χ2n) is 35.5. The summed E-state index contributed by atoms with van der Waals surface area (Å²) in [4.78, 5) is 4.70. The molecule has 0 fully saturated rings. The largest absolute Gasteiger partial charge is 0.310 e. The van der Waals surface area contributed by atoms with Gasteiger partial charge in [-0.25, -0.2) is 0 Å². The van der Waals surface area contributed by atoms with E-state index in [1.165, 1.54) is 207 Å². The van der Waals surface area contributed by atoms with Crippen LogP contribution in [0, 0.1) is 0 Å². The summed E-state index contributed by atoms with van der Waals surface area (Å²) in [5, 5.41) is 30.1. The van der Waals surface area contributed by atoms with Crippen LogP contribution in [0.3, 0.4) is 0 Å². The van der Waals surface area contributed by atoms with Gasteiger partial charge in [0.15, 0.2) is 0 Å². The molecule has 0 aliphatic rings. The molecule has 0 N–H and O–H groups in total. The molecule has 132 heavy (non-hydrogen) atoms. The lowest BCUT2D eigenvalue weighted by atomic mass is 9.99. The molecule has 0 aliphatic heterocycles. The van der Waals surface area contributed by atoms with Crippen LogP contribution in [0.2, 0.25) is 0 Å². The number of hydrogen-bond donors (Lipinski definition) is 0. The van der Waals surface area contributed by atoms with E-state index in [1.54, 1.807) is 0 Å². The number of rotatable bonds is 10. The van der Waals surface area contributed by atoms with Crippen molar-refractivity contribution < 1.29 is 0 Å². The Bertz CT molecular complexity index is 9850. The molecule has 30 aromatic rings. The minimum absolute atomic E-state index is 1.12. The van der Waals surface area contributed by atoms with Crippen LogP contribution in [0.4, 0.5) is 34.1 Å². The lowest BCUT2D eigenvalue weighted by molar-refractivity contribution is 1.18. The van der Waals surface area contributed by atoms with Crippen molar-refractivity contribution in [2.24, 2.45) is 0 Å². The number of nitrogens with zero attached hydrogens (tertiary/aromatic N) is 8. The number of hydrogen-bond acceptors (Lipinski definition) is 2. The van der Waals surface area contributed by atoms with Gasteiger partial charge in [-0.3, -0.25) is 0 Å². The van der Waals surface area contributed by atoms with E-state index in [2.05, 4.69) is 498 Å². The van der Waals surface area contributed by atoms with E-state index in [-0.39, 0.29) is 0 Å². The zero-order valence-corrected chi connectivity index (χ0v) is 71.5. The van der Waals surface area contributed by atoms with Gasteiger partial charge in [0.2, 0.25) is 0 Å². The first-order valence-corrected chi connectivity index (χ1v) is 45.5. The highest BCUT2D eigenvalue weighted by Crippen LogP contribution is 2.53. The van der Waals surface area contributed by atoms with Gasteiger partial charge in [-0.1, -0.05) is 243 Å². The van der Waals surface area contributed by atoms with Gasteiger partial charge in [0.05, 0.1) is 77.2 Å². The average molecular weight is 1680 g/mol. The van der Waals surface area contributed by atoms with Crippen LogP contribution in [-0.4, -0.2) is 27.1 Å². The van der Waals surface area contributed by atoms with E-state index in [0.717, 1.165) is 56.9 Å². The first-order chi connectivity index (χ1) is 65.5. The van der Waals surface area contributed by atoms with Crippen molar-refractivity contribution in [2.75, 3.05) is 9.80 Å². The SMILES string of the molecule is c1ccc(-n2c3ccccc3c3c4c5cc6ccc(-n7c8ccccc8c8ccccc87)cc6cc5n5c6cc7cc(-n8c9ccccc9c9ccccc98)ccc7cc6c(cc32)c45)cc1.c1ccc(N(c2ccccc2)c2ccc3cc4c5cc6c(c7ccccc7n6-c6ccccc6)c6c7cc8ccc(N(c9ccccc9)c9ccccc9)cc8cc7n(c4cc3c2)c56)cc1. The van der Waals surface area contributed by atoms with Crippen LogP contribution in [0.1, 0.15) is 0 Å². The van der Waals surface area contributed by atoms with Crippen molar-refractivity contribution >= 4 is 241 Å². The molecule has 0 atom stereocenters. The second kappa shape index (κ2) is 27.9. The number of fused-ring (bicyclic) bond motifs is 30. The molecule has 8 heteroatoms. The minimum Gasteiger partial charge on any atom is -0.310 e. The van der Waals surface area contributed by atoms with Crippen LogP contribution in [0.25, 0.3) is 229 Å². The minimum atomic E-state index is 1.12. The summed E-state index contributed by atoms with van der Waals surface area (Å²) in [6.45, 7) is 0. The van der Waals surface area contributed by atoms with Gasteiger partial charge < -0.3 is 36.9 Å². The average Bonchev–Trinajstić information content (AvgIpc) is 1.51. The summed E-state index contributed by atoms with van der Waals surface area (Å²) in [6.07, 6.45) is 0. The summed E-state index contributed by atoms with van der Waals surface area (Å²) in [5.74, 6) is 0. The van der Waals surface area contributed by atoms with E-state index in [9.17, 15) is 0 Å². The Morgan fingerprint density at radius 1 is 0.129 bits per heavy atom. The Morgan fingerprint density at radius 2 is 0.386 bits per heavy atom. The fourth-order valence-electron chi connectivity index (χ4n) is 22.9. The zero-order chi connectivity index (χ0) is 86.1. The molecule has 0 saturated heterocycles. The summed E-state index contributed by atoms with van der Waals surface area (Å²) >= 11 is 0. The zero-order valence-electron chi connectivity index (χ0n) is 71.5. The number of para-hydroxylation sites is 12. The van der Waals surface area contributed by atoms with Gasteiger partial charge in [-0.15, -0.1) is 0 Å². The molecular formula is C124H76N8. The van der Waals surface area contributed by atoms with Gasteiger partial charge in [-0.05, 0) is 261 Å². The Hall–Kier alpha value is -17.7. The van der Waals surface area contributed by atoms with Gasteiger partial charge in [0, 0.05) is 143 Å². The Kier molecular flexibility index (Phi) is 15.3. The lowest BCUT2D eigenvalue weighted by Gasteiger charge is -2.25. The lowest BCUT2D eigenvalue weighted by Crippen LogP contribution is -2.09. The Labute approximate surface area is 756 Å². The third-order valence-electron chi connectivity index (χ3n) is 28.4. The van der Waals surface area contributed by atoms with Crippen molar-refractivity contribution in [3.05, 3.63) is 461 Å². The maximum absolute atomic E-state index is 2.59. The van der Waals surface area contributed by atoms with Crippen molar-refractivity contribution in [3.63, 3.8) is 0 Å². The highest BCUT2D eigenvalue weighted by atomic mass is 15.1. The smallest absolute Gasteiger partial charge is 0.0628 e. The van der Waals surface area contributed by atoms with E-state index in [1.807, 2.05) is 0 Å². The molecule has 0 amide bonds. The van der Waals surface area contributed by atoms with E-state index >= 15 is 0 Å². The van der Waals surface area contributed by atoms with Crippen LogP contribution in [0.5, 0.6) is 0 Å². The molecule has 0 aliphatic carbocycles. The van der Waals surface area contributed by atoms with Crippen LogP contribution in [-0.2, 0) is 0 Å². The normalized spacial score (nSPS) is 12.2. The molecule has 0 unspecified atom stereocenters. The van der Waals surface area contributed by atoms with Gasteiger partial charge in [0.25, 0.3) is 0 Å².